The highest BCUT2D eigenvalue weighted by Crippen LogP contribution is 2.37. The number of anilines is 1. The molecule has 1 saturated carbocycles. The predicted molar refractivity (Wildman–Crippen MR) is 93.1 cm³/mol. The molecule has 1 fully saturated rings. The lowest BCUT2D eigenvalue weighted by atomic mass is 9.71. The van der Waals surface area contributed by atoms with Crippen molar-refractivity contribution >= 4 is 17.5 Å². The second kappa shape index (κ2) is 7.32. The number of carbonyl (C=O) groups excluding carboxylic acids is 2. The van der Waals surface area contributed by atoms with Crippen LogP contribution in [0.25, 0.3) is 0 Å². The molecule has 1 aromatic carbocycles. The fourth-order valence-electron chi connectivity index (χ4n) is 3.26. The lowest BCUT2D eigenvalue weighted by Gasteiger charge is -2.37. The van der Waals surface area contributed by atoms with E-state index in [0.717, 1.165) is 25.7 Å². The number of aryl methyl sites for hydroxylation is 1. The summed E-state index contributed by atoms with van der Waals surface area (Å²) in [5.41, 5.74) is 1.32. The molecule has 0 spiro atoms. The molecule has 5 heteroatoms. The topological polar surface area (TPSA) is 58.2 Å². The molecule has 24 heavy (non-hydrogen) atoms. The van der Waals surface area contributed by atoms with Crippen molar-refractivity contribution in [2.75, 3.05) is 5.32 Å². The Morgan fingerprint density at radius 2 is 1.71 bits per heavy atom. The van der Waals surface area contributed by atoms with Crippen LogP contribution in [-0.4, -0.2) is 17.9 Å². The molecule has 0 atom stereocenters. The van der Waals surface area contributed by atoms with Crippen LogP contribution in [0.15, 0.2) is 18.2 Å². The molecule has 2 N–H and O–H groups in total. The van der Waals surface area contributed by atoms with E-state index in [0.29, 0.717) is 17.2 Å². The maximum Gasteiger partial charge on any atom is 0.313 e. The van der Waals surface area contributed by atoms with E-state index in [-0.39, 0.29) is 11.5 Å². The third kappa shape index (κ3) is 4.79. The first kappa shape index (κ1) is 18.4. The number of halogens is 1. The fourth-order valence-corrected chi connectivity index (χ4v) is 3.26. The summed E-state index contributed by atoms with van der Waals surface area (Å²) < 4.78 is 13.3. The summed E-state index contributed by atoms with van der Waals surface area (Å²) in [6.45, 7) is 8.47. The molecule has 0 aromatic heterocycles. The average molecular weight is 334 g/mol. The van der Waals surface area contributed by atoms with E-state index in [1.165, 1.54) is 12.1 Å². The highest BCUT2D eigenvalue weighted by atomic mass is 19.1. The van der Waals surface area contributed by atoms with Crippen molar-refractivity contribution < 1.29 is 14.0 Å². The third-order valence-corrected chi connectivity index (χ3v) is 4.94. The van der Waals surface area contributed by atoms with E-state index < -0.39 is 17.6 Å². The highest BCUT2D eigenvalue weighted by Gasteiger charge is 2.31. The number of rotatable bonds is 2. The maximum absolute atomic E-state index is 13.3. The van der Waals surface area contributed by atoms with Gasteiger partial charge < -0.3 is 10.6 Å². The number of hydrogen-bond donors (Lipinski definition) is 2. The van der Waals surface area contributed by atoms with Crippen LogP contribution in [0.3, 0.4) is 0 Å². The average Bonchev–Trinajstić information content (AvgIpc) is 2.50. The molecule has 1 aliphatic carbocycles. The van der Waals surface area contributed by atoms with E-state index in [1.807, 2.05) is 0 Å². The van der Waals surface area contributed by atoms with Crippen molar-refractivity contribution in [3.05, 3.63) is 29.6 Å². The number of benzene rings is 1. The molecule has 0 radical (unpaired) electrons. The van der Waals surface area contributed by atoms with Gasteiger partial charge in [0.2, 0.25) is 0 Å². The highest BCUT2D eigenvalue weighted by molar-refractivity contribution is 6.39. The van der Waals surface area contributed by atoms with E-state index in [1.54, 1.807) is 13.0 Å². The molecule has 1 aliphatic rings. The van der Waals surface area contributed by atoms with Crippen LogP contribution in [0.5, 0.6) is 0 Å². The van der Waals surface area contributed by atoms with Crippen molar-refractivity contribution in [3.8, 4) is 0 Å². The number of carbonyl (C=O) groups is 2. The molecule has 0 aliphatic heterocycles. The second-order valence-electron chi connectivity index (χ2n) is 7.80. The van der Waals surface area contributed by atoms with Gasteiger partial charge in [-0.15, -0.1) is 0 Å². The molecular weight excluding hydrogens is 307 g/mol. The van der Waals surface area contributed by atoms with Gasteiger partial charge in [-0.3, -0.25) is 9.59 Å². The van der Waals surface area contributed by atoms with Crippen molar-refractivity contribution in [2.45, 2.75) is 59.4 Å². The minimum Gasteiger partial charge on any atom is -0.345 e. The maximum atomic E-state index is 13.3. The molecule has 0 saturated heterocycles. The lowest BCUT2D eigenvalue weighted by molar-refractivity contribution is -0.136. The van der Waals surface area contributed by atoms with Gasteiger partial charge in [-0.1, -0.05) is 26.8 Å². The monoisotopic (exact) mass is 334 g/mol. The summed E-state index contributed by atoms with van der Waals surface area (Å²) in [5.74, 6) is -1.20. The largest absolute Gasteiger partial charge is 0.345 e. The van der Waals surface area contributed by atoms with E-state index in [4.69, 9.17) is 0 Å². The summed E-state index contributed by atoms with van der Waals surface area (Å²) in [6, 6.07) is 4.14. The summed E-state index contributed by atoms with van der Waals surface area (Å²) in [6.07, 6.45) is 3.89. The zero-order valence-electron chi connectivity index (χ0n) is 14.9. The number of hydrogen-bond acceptors (Lipinski definition) is 2. The molecule has 0 heterocycles. The fraction of sp³-hybridized carbons (Fsp3) is 0.579. The van der Waals surface area contributed by atoms with Crippen LogP contribution in [0.4, 0.5) is 10.1 Å². The smallest absolute Gasteiger partial charge is 0.313 e. The van der Waals surface area contributed by atoms with Gasteiger partial charge in [0, 0.05) is 11.7 Å². The van der Waals surface area contributed by atoms with Gasteiger partial charge in [0.1, 0.15) is 5.82 Å². The minimum absolute atomic E-state index is 0.0375. The van der Waals surface area contributed by atoms with Crippen LogP contribution in [0, 0.1) is 24.1 Å². The summed E-state index contributed by atoms with van der Waals surface area (Å²) >= 11 is 0. The quantitative estimate of drug-likeness (QED) is 0.808. The first-order valence-electron chi connectivity index (χ1n) is 8.55. The van der Waals surface area contributed by atoms with Gasteiger partial charge in [0.15, 0.2) is 0 Å². The summed E-state index contributed by atoms with van der Waals surface area (Å²) in [5, 5.41) is 5.28. The SMILES string of the molecule is Cc1ccc(F)cc1NC(=O)C(=O)NC1CCC(C(C)(C)C)CC1. The van der Waals surface area contributed by atoms with Crippen molar-refractivity contribution in [1.82, 2.24) is 5.32 Å². The Hall–Kier alpha value is -1.91. The van der Waals surface area contributed by atoms with Crippen LogP contribution in [0.2, 0.25) is 0 Å². The molecule has 1 aromatic rings. The Morgan fingerprint density at radius 3 is 2.29 bits per heavy atom. The van der Waals surface area contributed by atoms with Crippen molar-refractivity contribution in [1.29, 1.82) is 0 Å². The van der Waals surface area contributed by atoms with Crippen LogP contribution >= 0.6 is 0 Å². The lowest BCUT2D eigenvalue weighted by Crippen LogP contribution is -2.44. The first-order chi connectivity index (χ1) is 11.2. The van der Waals surface area contributed by atoms with E-state index in [2.05, 4.69) is 31.4 Å². The molecule has 0 unspecified atom stereocenters. The molecule has 4 nitrogen and oxygen atoms in total. The summed E-state index contributed by atoms with van der Waals surface area (Å²) in [7, 11) is 0. The van der Waals surface area contributed by atoms with E-state index in [9.17, 15) is 14.0 Å². The Balaban J connectivity index is 1.87. The van der Waals surface area contributed by atoms with Crippen molar-refractivity contribution in [2.24, 2.45) is 11.3 Å². The van der Waals surface area contributed by atoms with Gasteiger partial charge in [0.25, 0.3) is 0 Å². The minimum atomic E-state index is -0.748. The molecule has 132 valence electrons. The third-order valence-electron chi connectivity index (χ3n) is 4.94. The molecule has 0 bridgehead atoms. The van der Waals surface area contributed by atoms with Crippen LogP contribution in [-0.2, 0) is 9.59 Å². The Morgan fingerprint density at radius 1 is 1.08 bits per heavy atom. The van der Waals surface area contributed by atoms with Gasteiger partial charge >= 0.3 is 11.8 Å². The zero-order valence-corrected chi connectivity index (χ0v) is 14.9. The van der Waals surface area contributed by atoms with Crippen LogP contribution < -0.4 is 10.6 Å². The van der Waals surface area contributed by atoms with Crippen molar-refractivity contribution in [3.63, 3.8) is 0 Å². The number of amides is 2. The summed E-state index contributed by atoms with van der Waals surface area (Å²) in [4.78, 5) is 24.1. The molecular formula is C19H27FN2O2. The second-order valence-corrected chi connectivity index (χ2v) is 7.80. The Bertz CT molecular complexity index is 614. The number of nitrogens with one attached hydrogen (secondary N) is 2. The van der Waals surface area contributed by atoms with E-state index >= 15 is 0 Å². The van der Waals surface area contributed by atoms with Gasteiger partial charge in [-0.2, -0.15) is 0 Å². The first-order valence-corrected chi connectivity index (χ1v) is 8.55. The zero-order chi connectivity index (χ0) is 17.9. The standard InChI is InChI=1S/C19H27FN2O2/c1-12-5-8-14(20)11-16(12)22-18(24)17(23)21-15-9-6-13(7-10-15)19(2,3)4/h5,8,11,13,15H,6-7,9-10H2,1-4H3,(H,21,23)(H,22,24). The van der Waals surface area contributed by atoms with Gasteiger partial charge in [-0.05, 0) is 61.6 Å². The predicted octanol–water partition coefficient (Wildman–Crippen LogP) is 3.79. The van der Waals surface area contributed by atoms with Crippen LogP contribution in [0.1, 0.15) is 52.0 Å². The Labute approximate surface area is 143 Å². The molecule has 2 rings (SSSR count). The molecule has 2 amide bonds. The Kier molecular flexibility index (Phi) is 5.62. The van der Waals surface area contributed by atoms with Gasteiger partial charge in [0.05, 0.1) is 0 Å². The normalized spacial score (nSPS) is 21.2. The van der Waals surface area contributed by atoms with Gasteiger partial charge in [-0.25, -0.2) is 4.39 Å².